The Morgan fingerprint density at radius 1 is 1.50 bits per heavy atom. The first-order valence-corrected chi connectivity index (χ1v) is 6.52. The number of aliphatic hydroxyl groups is 1. The van der Waals surface area contributed by atoms with E-state index in [1.54, 1.807) is 13.8 Å². The summed E-state index contributed by atoms with van der Waals surface area (Å²) < 4.78 is 0. The summed E-state index contributed by atoms with van der Waals surface area (Å²) in [6.45, 7) is 5.77. The van der Waals surface area contributed by atoms with Crippen LogP contribution in [0.25, 0.3) is 0 Å². The molecule has 0 aromatic heterocycles. The van der Waals surface area contributed by atoms with Gasteiger partial charge in [0, 0.05) is 19.7 Å². The first-order valence-electron chi connectivity index (χ1n) is 6.52. The zero-order valence-corrected chi connectivity index (χ0v) is 11.1. The first kappa shape index (κ1) is 14.9. The smallest absolute Gasteiger partial charge is 0.321 e. The second-order valence-electron chi connectivity index (χ2n) is 4.71. The molecule has 0 bridgehead atoms. The third-order valence-electron chi connectivity index (χ3n) is 3.31. The Morgan fingerprint density at radius 2 is 2.22 bits per heavy atom. The molecule has 0 saturated carbocycles. The molecule has 6 nitrogen and oxygen atoms in total. The lowest BCUT2D eigenvalue weighted by Crippen LogP contribution is -2.52. The van der Waals surface area contributed by atoms with Crippen LogP contribution >= 0.6 is 0 Å². The molecule has 1 aliphatic rings. The molecule has 1 fully saturated rings. The van der Waals surface area contributed by atoms with Crippen LogP contribution in [0.2, 0.25) is 0 Å². The number of nitrogens with zero attached hydrogens (tertiary/aromatic N) is 1. The summed E-state index contributed by atoms with van der Waals surface area (Å²) in [5.41, 5.74) is 0. The normalized spacial score (nSPS) is 22.3. The average molecular weight is 257 g/mol. The largest absolute Gasteiger partial charge is 0.396 e. The Morgan fingerprint density at radius 3 is 2.83 bits per heavy atom. The molecule has 1 rings (SSSR count). The van der Waals surface area contributed by atoms with E-state index in [0.717, 1.165) is 19.4 Å². The molecule has 0 spiro atoms. The molecule has 0 aromatic carbocycles. The van der Waals surface area contributed by atoms with Crippen molar-refractivity contribution < 1.29 is 14.7 Å². The van der Waals surface area contributed by atoms with Crippen LogP contribution in [0.15, 0.2) is 0 Å². The van der Waals surface area contributed by atoms with Gasteiger partial charge in [-0.25, -0.2) is 4.79 Å². The third kappa shape index (κ3) is 4.27. The van der Waals surface area contributed by atoms with Crippen molar-refractivity contribution in [2.45, 2.75) is 32.7 Å². The minimum absolute atomic E-state index is 0.154. The number of rotatable bonds is 4. The van der Waals surface area contributed by atoms with Gasteiger partial charge in [0.05, 0.1) is 6.04 Å². The Bertz CT molecular complexity index is 296. The maximum absolute atomic E-state index is 11.8. The summed E-state index contributed by atoms with van der Waals surface area (Å²) in [6.07, 6.45) is 1.97. The highest BCUT2D eigenvalue weighted by atomic mass is 16.3. The second kappa shape index (κ2) is 7.33. The number of carbonyl (C=O) groups is 2. The Hall–Kier alpha value is -1.14. The number of nitrogens with one attached hydrogen (secondary N) is 2. The van der Waals surface area contributed by atoms with E-state index < -0.39 is 6.03 Å². The van der Waals surface area contributed by atoms with Crippen LogP contribution in [-0.2, 0) is 4.79 Å². The van der Waals surface area contributed by atoms with E-state index >= 15 is 0 Å². The number of hydrogen-bond acceptors (Lipinski definition) is 4. The van der Waals surface area contributed by atoms with E-state index in [-0.39, 0.29) is 24.5 Å². The van der Waals surface area contributed by atoms with Crippen LogP contribution in [0, 0.1) is 5.92 Å². The highest BCUT2D eigenvalue weighted by molar-refractivity contribution is 5.96. The molecular formula is C12H23N3O3. The van der Waals surface area contributed by atoms with Gasteiger partial charge in [0.1, 0.15) is 0 Å². The van der Waals surface area contributed by atoms with Gasteiger partial charge in [-0.05, 0) is 39.2 Å². The van der Waals surface area contributed by atoms with Gasteiger partial charge in [0.25, 0.3) is 0 Å². The lowest BCUT2D eigenvalue weighted by atomic mass is 9.97. The molecule has 1 aliphatic heterocycles. The fourth-order valence-electron chi connectivity index (χ4n) is 2.18. The second-order valence-corrected chi connectivity index (χ2v) is 4.71. The minimum Gasteiger partial charge on any atom is -0.396 e. The fourth-order valence-corrected chi connectivity index (χ4v) is 2.18. The summed E-state index contributed by atoms with van der Waals surface area (Å²) in [4.78, 5) is 25.1. The number of hydrogen-bond donors (Lipinski definition) is 3. The molecule has 2 unspecified atom stereocenters. The standard InChI is InChI=1S/C12H23N3O3/c1-3-13-12(18)14-11(17)9(2)15-6-4-5-10(7-15)8-16/h9-10,16H,3-8H2,1-2H3,(H2,13,14,17,18). The van der Waals surface area contributed by atoms with Crippen molar-refractivity contribution in [3.63, 3.8) is 0 Å². The molecular weight excluding hydrogens is 234 g/mol. The summed E-state index contributed by atoms with van der Waals surface area (Å²) in [7, 11) is 0. The zero-order valence-electron chi connectivity index (χ0n) is 11.1. The molecule has 104 valence electrons. The van der Waals surface area contributed by atoms with Crippen LogP contribution in [-0.4, -0.2) is 54.2 Å². The van der Waals surface area contributed by atoms with E-state index in [2.05, 4.69) is 10.6 Å². The lowest BCUT2D eigenvalue weighted by Gasteiger charge is -2.35. The lowest BCUT2D eigenvalue weighted by molar-refractivity contribution is -0.125. The number of likely N-dealkylation sites (tertiary alicyclic amines) is 1. The summed E-state index contributed by atoms with van der Waals surface area (Å²) >= 11 is 0. The van der Waals surface area contributed by atoms with E-state index in [1.165, 1.54) is 0 Å². The number of piperidine rings is 1. The van der Waals surface area contributed by atoms with Crippen LogP contribution < -0.4 is 10.6 Å². The average Bonchev–Trinajstić information content (AvgIpc) is 2.38. The SMILES string of the molecule is CCNC(=O)NC(=O)C(C)N1CCCC(CO)C1. The predicted molar refractivity (Wildman–Crippen MR) is 68.1 cm³/mol. The Balaban J connectivity index is 2.44. The van der Waals surface area contributed by atoms with Crippen LogP contribution in [0.1, 0.15) is 26.7 Å². The predicted octanol–water partition coefficient (Wildman–Crippen LogP) is -0.0751. The minimum atomic E-state index is -0.454. The maximum atomic E-state index is 11.8. The summed E-state index contributed by atoms with van der Waals surface area (Å²) in [6, 6.07) is -0.799. The van der Waals surface area contributed by atoms with Gasteiger partial charge in [-0.2, -0.15) is 0 Å². The summed E-state index contributed by atoms with van der Waals surface area (Å²) in [5, 5.41) is 14.0. The highest BCUT2D eigenvalue weighted by Crippen LogP contribution is 2.17. The zero-order chi connectivity index (χ0) is 13.5. The number of imide groups is 1. The Labute approximate surface area is 108 Å². The molecule has 0 radical (unpaired) electrons. The van der Waals surface area contributed by atoms with Crippen molar-refractivity contribution in [3.8, 4) is 0 Å². The van der Waals surface area contributed by atoms with Gasteiger partial charge in [0.2, 0.25) is 5.91 Å². The van der Waals surface area contributed by atoms with E-state index in [4.69, 9.17) is 5.11 Å². The monoisotopic (exact) mass is 257 g/mol. The van der Waals surface area contributed by atoms with E-state index in [9.17, 15) is 9.59 Å². The molecule has 6 heteroatoms. The van der Waals surface area contributed by atoms with Gasteiger partial charge in [-0.1, -0.05) is 0 Å². The van der Waals surface area contributed by atoms with Crippen molar-refractivity contribution in [3.05, 3.63) is 0 Å². The van der Waals surface area contributed by atoms with Gasteiger partial charge < -0.3 is 10.4 Å². The number of urea groups is 1. The van der Waals surface area contributed by atoms with E-state index in [1.807, 2.05) is 4.90 Å². The molecule has 0 aromatic rings. The van der Waals surface area contributed by atoms with E-state index in [0.29, 0.717) is 13.1 Å². The van der Waals surface area contributed by atoms with Crippen molar-refractivity contribution in [1.29, 1.82) is 0 Å². The fraction of sp³-hybridized carbons (Fsp3) is 0.833. The number of aliphatic hydroxyl groups excluding tert-OH is 1. The topological polar surface area (TPSA) is 81.7 Å². The first-order chi connectivity index (χ1) is 8.58. The highest BCUT2D eigenvalue weighted by Gasteiger charge is 2.27. The maximum Gasteiger partial charge on any atom is 0.321 e. The molecule has 2 atom stereocenters. The third-order valence-corrected chi connectivity index (χ3v) is 3.31. The molecule has 3 amide bonds. The number of carbonyl (C=O) groups excluding carboxylic acids is 2. The molecule has 3 N–H and O–H groups in total. The van der Waals surface area contributed by atoms with Gasteiger partial charge >= 0.3 is 6.03 Å². The van der Waals surface area contributed by atoms with Gasteiger partial charge in [-0.15, -0.1) is 0 Å². The van der Waals surface area contributed by atoms with Crippen LogP contribution in [0.5, 0.6) is 0 Å². The molecule has 18 heavy (non-hydrogen) atoms. The number of amides is 3. The summed E-state index contributed by atoms with van der Waals surface area (Å²) in [5.74, 6) is -0.0574. The van der Waals surface area contributed by atoms with Gasteiger partial charge in [-0.3, -0.25) is 15.0 Å². The molecule has 1 saturated heterocycles. The van der Waals surface area contributed by atoms with Crippen molar-refractivity contribution >= 4 is 11.9 Å². The van der Waals surface area contributed by atoms with Crippen molar-refractivity contribution in [2.24, 2.45) is 5.92 Å². The van der Waals surface area contributed by atoms with Crippen LogP contribution in [0.4, 0.5) is 4.79 Å². The molecule has 1 heterocycles. The van der Waals surface area contributed by atoms with Crippen molar-refractivity contribution in [2.75, 3.05) is 26.2 Å². The van der Waals surface area contributed by atoms with Gasteiger partial charge in [0.15, 0.2) is 0 Å². The quantitative estimate of drug-likeness (QED) is 0.658. The molecule has 0 aliphatic carbocycles. The Kier molecular flexibility index (Phi) is 6.07. The van der Waals surface area contributed by atoms with Crippen LogP contribution in [0.3, 0.4) is 0 Å². The van der Waals surface area contributed by atoms with Crippen molar-refractivity contribution in [1.82, 2.24) is 15.5 Å².